The van der Waals surface area contributed by atoms with Crippen molar-refractivity contribution in [1.29, 1.82) is 5.26 Å². The number of nitriles is 1. The Balaban J connectivity index is 1.89. The predicted octanol–water partition coefficient (Wildman–Crippen LogP) is 2.96. The van der Waals surface area contributed by atoms with Gasteiger partial charge in [-0.15, -0.1) is 16.4 Å². The Bertz CT molecular complexity index is 968. The number of benzene rings is 1. The summed E-state index contributed by atoms with van der Waals surface area (Å²) in [6, 6.07) is 7.84. The van der Waals surface area contributed by atoms with E-state index in [4.69, 9.17) is 5.26 Å². The van der Waals surface area contributed by atoms with Gasteiger partial charge in [0.05, 0.1) is 17.9 Å². The van der Waals surface area contributed by atoms with Crippen molar-refractivity contribution in [3.8, 4) is 6.07 Å². The molecule has 8 heteroatoms. The zero-order chi connectivity index (χ0) is 18.0. The van der Waals surface area contributed by atoms with Gasteiger partial charge >= 0.3 is 0 Å². The van der Waals surface area contributed by atoms with Crippen molar-refractivity contribution in [2.75, 3.05) is 4.90 Å². The maximum atomic E-state index is 12.2. The van der Waals surface area contributed by atoms with E-state index < -0.39 is 0 Å². The molecule has 7 nitrogen and oxygen atoms in total. The van der Waals surface area contributed by atoms with Crippen LogP contribution in [0.3, 0.4) is 0 Å². The molecule has 0 unspecified atom stereocenters. The molecule has 0 saturated carbocycles. The third-order valence-electron chi connectivity index (χ3n) is 3.60. The van der Waals surface area contributed by atoms with Crippen LogP contribution in [0.15, 0.2) is 29.9 Å². The van der Waals surface area contributed by atoms with Crippen molar-refractivity contribution in [2.24, 2.45) is 0 Å². The molecule has 0 aliphatic rings. The van der Waals surface area contributed by atoms with Crippen molar-refractivity contribution in [2.45, 2.75) is 27.3 Å². The van der Waals surface area contributed by atoms with E-state index in [1.165, 1.54) is 24.6 Å². The lowest BCUT2D eigenvalue weighted by Gasteiger charge is -2.20. The number of thiazole rings is 1. The van der Waals surface area contributed by atoms with E-state index >= 15 is 0 Å². The zero-order valence-electron chi connectivity index (χ0n) is 14.1. The molecular weight excluding hydrogens is 336 g/mol. The molecule has 2 aromatic heterocycles. The van der Waals surface area contributed by atoms with Gasteiger partial charge in [-0.3, -0.25) is 9.69 Å². The molecule has 0 N–H and O–H groups in total. The van der Waals surface area contributed by atoms with Crippen LogP contribution in [0.5, 0.6) is 0 Å². The van der Waals surface area contributed by atoms with E-state index in [-0.39, 0.29) is 11.7 Å². The summed E-state index contributed by atoms with van der Waals surface area (Å²) in [5.74, 6) is 0.0245. The van der Waals surface area contributed by atoms with Gasteiger partial charge in [0.15, 0.2) is 5.13 Å². The molecule has 2 heterocycles. The van der Waals surface area contributed by atoms with Gasteiger partial charge in [0.2, 0.25) is 5.91 Å². The SMILES string of the molecule is CC(=O)N(c1nc(Cn2cnc(C#N)n2)cs1)c1ccc(C)cc1C. The lowest BCUT2D eigenvalue weighted by molar-refractivity contribution is -0.115. The van der Waals surface area contributed by atoms with Crippen molar-refractivity contribution in [3.63, 3.8) is 0 Å². The first-order chi connectivity index (χ1) is 12.0. The third-order valence-corrected chi connectivity index (χ3v) is 4.47. The van der Waals surface area contributed by atoms with Gasteiger partial charge in [0, 0.05) is 12.3 Å². The molecule has 0 saturated heterocycles. The highest BCUT2D eigenvalue weighted by Gasteiger charge is 2.20. The molecule has 0 atom stereocenters. The number of carbonyl (C=O) groups is 1. The molecule has 0 aliphatic heterocycles. The predicted molar refractivity (Wildman–Crippen MR) is 94.7 cm³/mol. The molecule has 1 amide bonds. The van der Waals surface area contributed by atoms with Gasteiger partial charge < -0.3 is 0 Å². The summed E-state index contributed by atoms with van der Waals surface area (Å²) >= 11 is 1.39. The number of carbonyl (C=O) groups excluding carboxylic acids is 1. The van der Waals surface area contributed by atoms with E-state index in [1.54, 1.807) is 9.58 Å². The number of aryl methyl sites for hydroxylation is 2. The van der Waals surface area contributed by atoms with E-state index in [9.17, 15) is 4.79 Å². The molecule has 0 aliphatic carbocycles. The van der Waals surface area contributed by atoms with Gasteiger partial charge in [-0.2, -0.15) is 5.26 Å². The normalized spacial score (nSPS) is 10.5. The maximum Gasteiger partial charge on any atom is 0.252 e. The first-order valence-electron chi connectivity index (χ1n) is 7.60. The Morgan fingerprint density at radius 2 is 2.20 bits per heavy atom. The van der Waals surface area contributed by atoms with Crippen molar-refractivity contribution >= 4 is 28.1 Å². The van der Waals surface area contributed by atoms with Crippen molar-refractivity contribution < 1.29 is 4.79 Å². The average Bonchev–Trinajstić information content (AvgIpc) is 3.19. The highest BCUT2D eigenvalue weighted by molar-refractivity contribution is 7.14. The van der Waals surface area contributed by atoms with Crippen LogP contribution in [-0.4, -0.2) is 25.7 Å². The molecule has 3 aromatic rings. The lowest BCUT2D eigenvalue weighted by atomic mass is 10.1. The van der Waals surface area contributed by atoms with Crippen LogP contribution in [0.4, 0.5) is 10.8 Å². The molecule has 126 valence electrons. The lowest BCUT2D eigenvalue weighted by Crippen LogP contribution is -2.23. The number of amides is 1. The van der Waals surface area contributed by atoms with Crippen molar-refractivity contribution in [3.05, 3.63) is 52.6 Å². The minimum absolute atomic E-state index is 0.0969. The topological polar surface area (TPSA) is 87.7 Å². The Kier molecular flexibility index (Phi) is 4.59. The molecule has 1 aromatic carbocycles. The smallest absolute Gasteiger partial charge is 0.252 e. The van der Waals surface area contributed by atoms with E-state index in [0.29, 0.717) is 11.7 Å². The summed E-state index contributed by atoms with van der Waals surface area (Å²) in [5, 5.41) is 15.3. The second kappa shape index (κ2) is 6.83. The molecule has 0 spiro atoms. The number of hydrogen-bond donors (Lipinski definition) is 0. The summed E-state index contributed by atoms with van der Waals surface area (Å²) in [5.41, 5.74) is 3.74. The molecule has 3 rings (SSSR count). The second-order valence-electron chi connectivity index (χ2n) is 5.64. The van der Waals surface area contributed by atoms with Crippen LogP contribution in [0, 0.1) is 25.2 Å². The summed E-state index contributed by atoms with van der Waals surface area (Å²) in [6.07, 6.45) is 1.49. The van der Waals surface area contributed by atoms with Crippen LogP contribution in [-0.2, 0) is 11.3 Å². The molecule has 0 bridgehead atoms. The Labute approximate surface area is 149 Å². The highest BCUT2D eigenvalue weighted by Crippen LogP contribution is 2.31. The fourth-order valence-corrected chi connectivity index (χ4v) is 3.39. The quantitative estimate of drug-likeness (QED) is 0.720. The number of nitrogens with zero attached hydrogens (tertiary/aromatic N) is 6. The minimum Gasteiger partial charge on any atom is -0.274 e. The van der Waals surface area contributed by atoms with Gasteiger partial charge in [0.25, 0.3) is 5.82 Å². The Hall–Kier alpha value is -3.05. The minimum atomic E-state index is -0.0969. The maximum absolute atomic E-state index is 12.2. The number of anilines is 2. The molecule has 25 heavy (non-hydrogen) atoms. The van der Waals surface area contributed by atoms with Crippen LogP contribution in [0.1, 0.15) is 29.6 Å². The highest BCUT2D eigenvalue weighted by atomic mass is 32.1. The van der Waals surface area contributed by atoms with E-state index in [0.717, 1.165) is 22.5 Å². The summed E-state index contributed by atoms with van der Waals surface area (Å²) < 4.78 is 1.55. The number of hydrogen-bond acceptors (Lipinski definition) is 6. The van der Waals surface area contributed by atoms with Gasteiger partial charge in [-0.1, -0.05) is 17.7 Å². The molecule has 0 radical (unpaired) electrons. The Morgan fingerprint density at radius 1 is 1.40 bits per heavy atom. The fraction of sp³-hybridized carbons (Fsp3) is 0.235. The summed E-state index contributed by atoms with van der Waals surface area (Å²) in [6.45, 7) is 5.91. The van der Waals surface area contributed by atoms with Crippen LogP contribution >= 0.6 is 11.3 Å². The van der Waals surface area contributed by atoms with E-state index in [2.05, 4.69) is 15.1 Å². The average molecular weight is 352 g/mol. The standard InChI is InChI=1S/C17H16N6OS/c1-11-4-5-15(12(2)6-11)23(13(3)24)17-20-14(9-25-17)8-22-10-19-16(7-18)21-22/h4-6,9-10H,8H2,1-3H3. The van der Waals surface area contributed by atoms with Crippen LogP contribution < -0.4 is 4.90 Å². The first kappa shape index (κ1) is 16.8. The number of aromatic nitrogens is 4. The Morgan fingerprint density at radius 3 is 2.84 bits per heavy atom. The van der Waals surface area contributed by atoms with Gasteiger partial charge in [0.1, 0.15) is 12.4 Å². The first-order valence-corrected chi connectivity index (χ1v) is 8.48. The van der Waals surface area contributed by atoms with E-state index in [1.807, 2.05) is 43.5 Å². The van der Waals surface area contributed by atoms with Crippen molar-refractivity contribution in [1.82, 2.24) is 19.7 Å². The fourth-order valence-electron chi connectivity index (χ4n) is 2.52. The largest absolute Gasteiger partial charge is 0.274 e. The summed E-state index contributed by atoms with van der Waals surface area (Å²) in [4.78, 5) is 22.3. The molecular formula is C17H16N6OS. The third kappa shape index (κ3) is 3.56. The molecule has 0 fully saturated rings. The van der Waals surface area contributed by atoms with Gasteiger partial charge in [-0.05, 0) is 25.5 Å². The second-order valence-corrected chi connectivity index (χ2v) is 6.48. The summed E-state index contributed by atoms with van der Waals surface area (Å²) in [7, 11) is 0. The monoisotopic (exact) mass is 352 g/mol. The van der Waals surface area contributed by atoms with Crippen LogP contribution in [0.25, 0.3) is 0 Å². The zero-order valence-corrected chi connectivity index (χ0v) is 14.9. The van der Waals surface area contributed by atoms with Crippen LogP contribution in [0.2, 0.25) is 0 Å². The number of rotatable bonds is 4. The van der Waals surface area contributed by atoms with Gasteiger partial charge in [-0.25, -0.2) is 14.6 Å².